The molecule has 2 unspecified atom stereocenters. The van der Waals surface area contributed by atoms with Gasteiger partial charge >= 0.3 is 6.03 Å². The largest absolute Gasteiger partial charge is 0.368 e. The van der Waals surface area contributed by atoms with E-state index in [2.05, 4.69) is 4.99 Å². The number of hydrogen-bond donors (Lipinski definition) is 1. The van der Waals surface area contributed by atoms with E-state index in [-0.39, 0.29) is 5.82 Å². The summed E-state index contributed by atoms with van der Waals surface area (Å²) in [7, 11) is 1.52. The quantitative estimate of drug-likeness (QED) is 0.784. The predicted molar refractivity (Wildman–Crippen MR) is 114 cm³/mol. The Morgan fingerprint density at radius 2 is 1.78 bits per heavy atom. The first-order valence-electron chi connectivity index (χ1n) is 9.92. The number of carbonyl (C=O) groups is 3. The average molecular weight is 434 g/mol. The second kappa shape index (κ2) is 7.19. The number of benzene rings is 2. The molecule has 5 rings (SSSR count). The number of urea groups is 1. The summed E-state index contributed by atoms with van der Waals surface area (Å²) in [5, 5.41) is 0. The van der Waals surface area contributed by atoms with Crippen molar-refractivity contribution in [1.82, 2.24) is 14.7 Å². The number of rotatable bonds is 4. The molecule has 2 N–H and O–H groups in total. The van der Waals surface area contributed by atoms with Gasteiger partial charge < -0.3 is 10.6 Å². The second-order valence-corrected chi connectivity index (χ2v) is 7.67. The number of imide groups is 1. The number of hydrogen-bond acceptors (Lipinski definition) is 6. The average Bonchev–Trinajstić information content (AvgIpc) is 3.33. The zero-order valence-corrected chi connectivity index (χ0v) is 17.1. The normalized spacial score (nSPS) is 22.1. The maximum Gasteiger partial charge on any atom is 0.328 e. The molecule has 1 fully saturated rings. The van der Waals surface area contributed by atoms with Gasteiger partial charge in [-0.05, 0) is 24.3 Å². The van der Waals surface area contributed by atoms with Crippen LogP contribution in [0.5, 0.6) is 0 Å². The fraction of sp³-hybridized carbons (Fsp3) is 0.182. The van der Waals surface area contributed by atoms with Crippen LogP contribution in [0.3, 0.4) is 0 Å². The van der Waals surface area contributed by atoms with Crippen molar-refractivity contribution >= 4 is 35.2 Å². The fourth-order valence-corrected chi connectivity index (χ4v) is 4.19. The van der Waals surface area contributed by atoms with E-state index in [0.717, 1.165) is 16.2 Å². The Morgan fingerprint density at radius 1 is 1.09 bits per heavy atom. The molecular weight excluding hydrogens is 415 g/mol. The Balaban J connectivity index is 1.61. The highest BCUT2D eigenvalue weighted by Gasteiger charge is 2.55. The summed E-state index contributed by atoms with van der Waals surface area (Å²) in [6.45, 7) is -0.509. The number of nitrogens with zero attached hydrogens (tertiary/aromatic N) is 5. The molecule has 0 saturated carbocycles. The van der Waals surface area contributed by atoms with Crippen molar-refractivity contribution < 1.29 is 18.8 Å². The van der Waals surface area contributed by atoms with Crippen LogP contribution in [0.25, 0.3) is 5.70 Å². The Labute approximate surface area is 182 Å². The van der Waals surface area contributed by atoms with E-state index in [1.165, 1.54) is 24.1 Å². The van der Waals surface area contributed by atoms with Crippen molar-refractivity contribution in [3.05, 3.63) is 72.2 Å². The van der Waals surface area contributed by atoms with Crippen molar-refractivity contribution in [3.63, 3.8) is 0 Å². The number of halogens is 1. The molecule has 32 heavy (non-hydrogen) atoms. The fourth-order valence-electron chi connectivity index (χ4n) is 4.19. The lowest BCUT2D eigenvalue weighted by molar-refractivity contribution is -0.139. The number of aliphatic imine (C=N–C) groups is 1. The lowest BCUT2D eigenvalue weighted by Gasteiger charge is -2.39. The van der Waals surface area contributed by atoms with Gasteiger partial charge in [-0.1, -0.05) is 30.3 Å². The van der Waals surface area contributed by atoms with Gasteiger partial charge in [-0.2, -0.15) is 0 Å². The standard InChI is InChI=1S/C22H19FN6O3/c1-26-19-18(20(31)28(22(26)32)12-17(24)30)27-11-16(13-5-3-2-4-6-13)29(21(27)25-19)15-9-7-14(23)8-10-15/h2-11,18-19H,12H2,1H3,(H2,24,30). The van der Waals surface area contributed by atoms with E-state index in [0.29, 0.717) is 11.6 Å². The molecule has 3 aliphatic rings. The number of likely N-dealkylation sites (N-methyl/N-ethyl adjacent to an activating group) is 1. The van der Waals surface area contributed by atoms with E-state index < -0.39 is 36.6 Å². The predicted octanol–water partition coefficient (Wildman–Crippen LogP) is 1.39. The highest BCUT2D eigenvalue weighted by molar-refractivity contribution is 6.16. The zero-order chi connectivity index (χ0) is 22.6. The van der Waals surface area contributed by atoms with Gasteiger partial charge in [-0.15, -0.1) is 0 Å². The molecule has 0 spiro atoms. The molecular formula is C22H19FN6O3. The van der Waals surface area contributed by atoms with Crippen LogP contribution in [-0.2, 0) is 9.59 Å². The number of nitrogens with two attached hydrogens (primary N) is 1. The lowest BCUT2D eigenvalue weighted by Crippen LogP contribution is -2.65. The van der Waals surface area contributed by atoms with Crippen LogP contribution in [0.1, 0.15) is 5.56 Å². The van der Waals surface area contributed by atoms with Crippen molar-refractivity contribution in [3.8, 4) is 0 Å². The third-order valence-electron chi connectivity index (χ3n) is 5.68. The van der Waals surface area contributed by atoms with Gasteiger partial charge in [-0.25, -0.2) is 14.2 Å². The topological polar surface area (TPSA) is 103 Å². The first-order chi connectivity index (χ1) is 15.4. The highest BCUT2D eigenvalue weighted by atomic mass is 19.1. The van der Waals surface area contributed by atoms with Crippen LogP contribution in [0.2, 0.25) is 0 Å². The van der Waals surface area contributed by atoms with E-state index in [1.54, 1.807) is 23.2 Å². The smallest absolute Gasteiger partial charge is 0.328 e. The van der Waals surface area contributed by atoms with Crippen LogP contribution in [0, 0.1) is 5.82 Å². The highest BCUT2D eigenvalue weighted by Crippen LogP contribution is 2.39. The summed E-state index contributed by atoms with van der Waals surface area (Å²) in [5.41, 5.74) is 7.51. The van der Waals surface area contributed by atoms with Crippen LogP contribution < -0.4 is 10.6 Å². The molecule has 0 aromatic heterocycles. The molecule has 0 aliphatic carbocycles. The third-order valence-corrected chi connectivity index (χ3v) is 5.68. The molecule has 1 saturated heterocycles. The van der Waals surface area contributed by atoms with Crippen LogP contribution in [0.4, 0.5) is 14.9 Å². The van der Waals surface area contributed by atoms with Crippen molar-refractivity contribution in [2.45, 2.75) is 12.2 Å². The Morgan fingerprint density at radius 3 is 2.44 bits per heavy atom. The summed E-state index contributed by atoms with van der Waals surface area (Å²) in [6, 6.07) is 13.9. The summed E-state index contributed by atoms with van der Waals surface area (Å²) in [4.78, 5) is 47.7. The van der Waals surface area contributed by atoms with E-state index in [9.17, 15) is 18.8 Å². The second-order valence-electron chi connectivity index (χ2n) is 7.67. The van der Waals surface area contributed by atoms with Crippen LogP contribution >= 0.6 is 0 Å². The molecule has 162 valence electrons. The monoisotopic (exact) mass is 434 g/mol. The number of anilines is 1. The van der Waals surface area contributed by atoms with Gasteiger partial charge in [0.2, 0.25) is 11.9 Å². The maximum atomic E-state index is 13.6. The molecule has 0 bridgehead atoms. The van der Waals surface area contributed by atoms with Gasteiger partial charge in [-0.3, -0.25) is 24.3 Å². The Bertz CT molecular complexity index is 1180. The summed E-state index contributed by atoms with van der Waals surface area (Å²) in [6.07, 6.45) is 1.01. The number of primary amides is 1. The molecule has 3 aliphatic heterocycles. The molecule has 2 aromatic carbocycles. The number of fused-ring (bicyclic) bond motifs is 3. The Kier molecular flexibility index (Phi) is 4.43. The number of guanidine groups is 1. The van der Waals surface area contributed by atoms with Crippen LogP contribution in [-0.4, -0.2) is 64.3 Å². The molecule has 10 heteroatoms. The van der Waals surface area contributed by atoms with Gasteiger partial charge in [0.15, 0.2) is 12.2 Å². The first kappa shape index (κ1) is 19.7. The molecule has 4 amide bonds. The van der Waals surface area contributed by atoms with Gasteiger partial charge in [0.1, 0.15) is 12.4 Å². The molecule has 9 nitrogen and oxygen atoms in total. The zero-order valence-electron chi connectivity index (χ0n) is 17.1. The number of carbonyl (C=O) groups excluding carboxylic acids is 3. The van der Waals surface area contributed by atoms with Gasteiger partial charge in [0.05, 0.1) is 5.70 Å². The minimum atomic E-state index is -0.851. The third kappa shape index (κ3) is 2.91. The summed E-state index contributed by atoms with van der Waals surface area (Å²) >= 11 is 0. The van der Waals surface area contributed by atoms with Crippen molar-refractivity contribution in [2.75, 3.05) is 18.5 Å². The van der Waals surface area contributed by atoms with E-state index in [4.69, 9.17) is 5.73 Å². The van der Waals surface area contributed by atoms with Crippen molar-refractivity contribution in [2.24, 2.45) is 10.7 Å². The van der Waals surface area contributed by atoms with E-state index in [1.807, 2.05) is 35.2 Å². The Hall–Kier alpha value is -4.21. The first-order valence-corrected chi connectivity index (χ1v) is 9.92. The molecule has 0 radical (unpaired) electrons. The minimum Gasteiger partial charge on any atom is -0.368 e. The van der Waals surface area contributed by atoms with E-state index >= 15 is 0 Å². The SMILES string of the molecule is CN1C(=O)N(CC(N)=O)C(=O)C2C1N=C1N(c3ccc(F)cc3)C(c3ccccc3)=CN12. The van der Waals surface area contributed by atoms with Gasteiger partial charge in [0.25, 0.3) is 5.91 Å². The molecule has 2 aromatic rings. The summed E-state index contributed by atoms with van der Waals surface area (Å²) < 4.78 is 13.6. The van der Waals surface area contributed by atoms with Gasteiger partial charge in [0, 0.05) is 24.5 Å². The maximum absolute atomic E-state index is 13.6. The lowest BCUT2D eigenvalue weighted by atomic mass is 10.1. The number of amides is 4. The molecule has 2 atom stereocenters. The molecule has 3 heterocycles. The minimum absolute atomic E-state index is 0.375. The summed E-state index contributed by atoms with van der Waals surface area (Å²) in [5.74, 6) is -1.29. The van der Waals surface area contributed by atoms with Crippen molar-refractivity contribution in [1.29, 1.82) is 0 Å². The van der Waals surface area contributed by atoms with Crippen LogP contribution in [0.15, 0.2) is 65.8 Å².